The van der Waals surface area contributed by atoms with Crippen LogP contribution in [0.3, 0.4) is 0 Å². The van der Waals surface area contributed by atoms with E-state index in [0.717, 1.165) is 27.6 Å². The zero-order valence-corrected chi connectivity index (χ0v) is 12.2. The number of hydrogen-bond acceptors (Lipinski definition) is 4. The van der Waals surface area contributed by atoms with Gasteiger partial charge in [0.15, 0.2) is 5.65 Å². The predicted octanol–water partition coefficient (Wildman–Crippen LogP) is 3.54. The van der Waals surface area contributed by atoms with E-state index >= 15 is 0 Å². The summed E-state index contributed by atoms with van der Waals surface area (Å²) >= 11 is 7.87. The van der Waals surface area contributed by atoms with Gasteiger partial charge < -0.3 is 4.57 Å². The predicted molar refractivity (Wildman–Crippen MR) is 77.7 cm³/mol. The molecule has 0 aliphatic carbocycles. The van der Waals surface area contributed by atoms with Crippen LogP contribution in [-0.4, -0.2) is 19.5 Å². The lowest BCUT2D eigenvalue weighted by atomic mass is 10.3. The van der Waals surface area contributed by atoms with Gasteiger partial charge in [-0.05, 0) is 25.5 Å². The van der Waals surface area contributed by atoms with Crippen molar-refractivity contribution in [2.45, 2.75) is 25.8 Å². The minimum Gasteiger partial charge on any atom is -0.304 e. The summed E-state index contributed by atoms with van der Waals surface area (Å²) in [5.41, 5.74) is 2.90. The van der Waals surface area contributed by atoms with Crippen molar-refractivity contribution in [2.24, 2.45) is 0 Å². The summed E-state index contributed by atoms with van der Waals surface area (Å²) in [5.74, 6) is 0.841. The first-order valence-electron chi connectivity index (χ1n) is 6.01. The number of rotatable bonds is 3. The molecule has 0 aliphatic rings. The van der Waals surface area contributed by atoms with E-state index in [2.05, 4.69) is 19.5 Å². The average molecular weight is 293 g/mol. The van der Waals surface area contributed by atoms with E-state index in [9.17, 15) is 0 Å². The number of alkyl halides is 1. The molecule has 3 rings (SSSR count). The van der Waals surface area contributed by atoms with Gasteiger partial charge in [0.2, 0.25) is 0 Å². The number of pyridine rings is 1. The zero-order valence-electron chi connectivity index (χ0n) is 10.7. The third-order valence-corrected chi connectivity index (χ3v) is 3.96. The summed E-state index contributed by atoms with van der Waals surface area (Å²) in [5, 5.41) is 2.84. The van der Waals surface area contributed by atoms with Crippen molar-refractivity contribution in [1.82, 2.24) is 19.5 Å². The fraction of sp³-hybridized carbons (Fsp3) is 0.308. The zero-order chi connectivity index (χ0) is 13.4. The van der Waals surface area contributed by atoms with Crippen LogP contribution in [0, 0.1) is 6.92 Å². The van der Waals surface area contributed by atoms with Gasteiger partial charge in [-0.25, -0.2) is 15.0 Å². The fourth-order valence-electron chi connectivity index (χ4n) is 2.08. The van der Waals surface area contributed by atoms with Gasteiger partial charge in [-0.3, -0.25) is 0 Å². The maximum Gasteiger partial charge on any atom is 0.160 e. The molecule has 98 valence electrons. The van der Waals surface area contributed by atoms with Crippen LogP contribution in [0.1, 0.15) is 28.7 Å². The standard InChI is InChI=1S/C13H13ClN4S/c1-8-3-4-16-13-11(8)17-12(9(2)14)18(13)7-10-15-5-6-19-10/h3-6,9H,7H2,1-2H3. The van der Waals surface area contributed by atoms with E-state index < -0.39 is 0 Å². The van der Waals surface area contributed by atoms with Gasteiger partial charge in [-0.2, -0.15) is 0 Å². The molecule has 0 amide bonds. The van der Waals surface area contributed by atoms with E-state index in [4.69, 9.17) is 11.6 Å². The highest BCUT2D eigenvalue weighted by Gasteiger charge is 2.17. The molecule has 0 N–H and O–H groups in total. The number of aromatic nitrogens is 4. The van der Waals surface area contributed by atoms with Crippen LogP contribution in [0.2, 0.25) is 0 Å². The second kappa shape index (κ2) is 4.90. The molecule has 1 unspecified atom stereocenters. The molecule has 0 saturated carbocycles. The first-order chi connectivity index (χ1) is 9.16. The van der Waals surface area contributed by atoms with Gasteiger partial charge in [0.25, 0.3) is 0 Å². The van der Waals surface area contributed by atoms with Crippen molar-refractivity contribution in [3.8, 4) is 0 Å². The van der Waals surface area contributed by atoms with Crippen molar-refractivity contribution < 1.29 is 0 Å². The van der Waals surface area contributed by atoms with E-state index in [0.29, 0.717) is 6.54 Å². The smallest absolute Gasteiger partial charge is 0.160 e. The largest absolute Gasteiger partial charge is 0.304 e. The number of aryl methyl sites for hydroxylation is 1. The molecule has 0 fully saturated rings. The molecule has 0 spiro atoms. The Morgan fingerprint density at radius 1 is 1.37 bits per heavy atom. The molecule has 0 radical (unpaired) electrons. The molecule has 4 nitrogen and oxygen atoms in total. The van der Waals surface area contributed by atoms with E-state index in [-0.39, 0.29) is 5.38 Å². The molecule has 3 heterocycles. The van der Waals surface area contributed by atoms with Crippen LogP contribution in [-0.2, 0) is 6.54 Å². The van der Waals surface area contributed by atoms with Crippen LogP contribution >= 0.6 is 22.9 Å². The molecule has 0 bridgehead atoms. The molecule has 19 heavy (non-hydrogen) atoms. The van der Waals surface area contributed by atoms with Gasteiger partial charge in [-0.1, -0.05) is 0 Å². The van der Waals surface area contributed by atoms with Crippen molar-refractivity contribution in [3.05, 3.63) is 40.2 Å². The Hall–Kier alpha value is -1.46. The molecule has 1 atom stereocenters. The summed E-state index contributed by atoms with van der Waals surface area (Å²) in [6.07, 6.45) is 3.61. The minimum atomic E-state index is -0.159. The van der Waals surface area contributed by atoms with E-state index in [1.54, 1.807) is 17.5 Å². The topological polar surface area (TPSA) is 43.6 Å². The summed E-state index contributed by atoms with van der Waals surface area (Å²) in [6, 6.07) is 1.96. The Bertz CT molecular complexity index is 703. The number of thiazole rings is 1. The van der Waals surface area contributed by atoms with Crippen LogP contribution in [0.5, 0.6) is 0 Å². The summed E-state index contributed by atoms with van der Waals surface area (Å²) in [6.45, 7) is 4.63. The summed E-state index contributed by atoms with van der Waals surface area (Å²) in [7, 11) is 0. The van der Waals surface area contributed by atoms with Crippen LogP contribution in [0.4, 0.5) is 0 Å². The molecule has 3 aromatic rings. The lowest BCUT2D eigenvalue weighted by Crippen LogP contribution is -2.06. The van der Waals surface area contributed by atoms with Gasteiger partial charge in [-0.15, -0.1) is 22.9 Å². The fourth-order valence-corrected chi connectivity index (χ4v) is 2.85. The second-order valence-corrected chi connectivity index (χ2v) is 6.03. The SMILES string of the molecule is Cc1ccnc2c1nc(C(C)Cl)n2Cc1nccs1. The molecule has 6 heteroatoms. The first kappa shape index (κ1) is 12.6. The Labute approximate surface area is 120 Å². The number of fused-ring (bicyclic) bond motifs is 1. The highest BCUT2D eigenvalue weighted by molar-refractivity contribution is 7.09. The summed E-state index contributed by atoms with van der Waals surface area (Å²) in [4.78, 5) is 13.4. The van der Waals surface area contributed by atoms with E-state index in [1.807, 2.05) is 31.5 Å². The minimum absolute atomic E-state index is 0.159. The highest BCUT2D eigenvalue weighted by atomic mass is 35.5. The van der Waals surface area contributed by atoms with Crippen molar-refractivity contribution in [2.75, 3.05) is 0 Å². The van der Waals surface area contributed by atoms with Crippen molar-refractivity contribution in [3.63, 3.8) is 0 Å². The Morgan fingerprint density at radius 2 is 2.21 bits per heavy atom. The Balaban J connectivity index is 2.19. The summed E-state index contributed by atoms with van der Waals surface area (Å²) < 4.78 is 2.05. The number of halogens is 1. The van der Waals surface area contributed by atoms with Crippen molar-refractivity contribution >= 4 is 34.1 Å². The third-order valence-electron chi connectivity index (χ3n) is 3.00. The quantitative estimate of drug-likeness (QED) is 0.694. The highest BCUT2D eigenvalue weighted by Crippen LogP contribution is 2.26. The average Bonchev–Trinajstić information content (AvgIpc) is 2.99. The Kier molecular flexibility index (Phi) is 3.24. The molecular weight excluding hydrogens is 280 g/mol. The Morgan fingerprint density at radius 3 is 2.89 bits per heavy atom. The lowest BCUT2D eigenvalue weighted by molar-refractivity contribution is 0.732. The monoisotopic (exact) mass is 292 g/mol. The number of imidazole rings is 1. The maximum absolute atomic E-state index is 6.24. The first-order valence-corrected chi connectivity index (χ1v) is 7.32. The van der Waals surface area contributed by atoms with Crippen LogP contribution in [0.15, 0.2) is 23.8 Å². The van der Waals surface area contributed by atoms with Gasteiger partial charge in [0, 0.05) is 17.8 Å². The van der Waals surface area contributed by atoms with Gasteiger partial charge >= 0.3 is 0 Å². The molecule has 0 saturated heterocycles. The van der Waals surface area contributed by atoms with Crippen LogP contribution < -0.4 is 0 Å². The molecule has 0 aromatic carbocycles. The lowest BCUT2D eigenvalue weighted by Gasteiger charge is -2.07. The maximum atomic E-state index is 6.24. The molecule has 0 aliphatic heterocycles. The van der Waals surface area contributed by atoms with Crippen LogP contribution in [0.25, 0.3) is 11.2 Å². The second-order valence-electron chi connectivity index (χ2n) is 4.40. The number of hydrogen-bond donors (Lipinski definition) is 0. The molecular formula is C13H13ClN4S. The molecule has 3 aromatic heterocycles. The third kappa shape index (κ3) is 2.24. The van der Waals surface area contributed by atoms with Gasteiger partial charge in [0.1, 0.15) is 16.3 Å². The van der Waals surface area contributed by atoms with E-state index in [1.165, 1.54) is 0 Å². The van der Waals surface area contributed by atoms with Gasteiger partial charge in [0.05, 0.1) is 11.9 Å². The normalized spacial score (nSPS) is 13.0. The van der Waals surface area contributed by atoms with Crippen molar-refractivity contribution in [1.29, 1.82) is 0 Å². The number of nitrogens with zero attached hydrogens (tertiary/aromatic N) is 4.